The maximum Gasteiger partial charge on any atom is 0.325 e. The Bertz CT molecular complexity index is 494. The van der Waals surface area contributed by atoms with E-state index in [1.807, 2.05) is 6.07 Å². The third-order valence-electron chi connectivity index (χ3n) is 2.26. The largest absolute Gasteiger partial charge is 0.480 e. The van der Waals surface area contributed by atoms with Crippen molar-refractivity contribution in [3.8, 4) is 5.69 Å². The van der Waals surface area contributed by atoms with Gasteiger partial charge in [0.15, 0.2) is 0 Å². The minimum Gasteiger partial charge on any atom is -0.480 e. The average molecular weight is 217 g/mol. The molecular weight excluding hydrogens is 206 g/mol. The number of hydrogen-bond donors (Lipinski definition) is 2. The second kappa shape index (κ2) is 4.16. The fourth-order valence-corrected chi connectivity index (χ4v) is 1.42. The quantitative estimate of drug-likeness (QED) is 0.802. The normalized spacial score (nSPS) is 12.3. The summed E-state index contributed by atoms with van der Waals surface area (Å²) in [6, 6.07) is 7.79. The number of aliphatic carboxylic acids is 1. The summed E-state index contributed by atoms with van der Waals surface area (Å²) in [6.07, 6.45) is 3.44. The Labute approximate surface area is 92.1 Å². The summed E-state index contributed by atoms with van der Waals surface area (Å²) in [4.78, 5) is 10.8. The zero-order valence-electron chi connectivity index (χ0n) is 8.45. The highest BCUT2D eigenvalue weighted by atomic mass is 16.4. The first-order chi connectivity index (χ1) is 7.68. The number of nitrogens with two attached hydrogens (primary N) is 1. The van der Waals surface area contributed by atoms with Gasteiger partial charge in [-0.2, -0.15) is 5.10 Å². The number of aromatic nitrogens is 2. The van der Waals surface area contributed by atoms with Crippen LogP contribution in [0.2, 0.25) is 0 Å². The van der Waals surface area contributed by atoms with Gasteiger partial charge >= 0.3 is 5.97 Å². The lowest BCUT2D eigenvalue weighted by atomic mass is 10.1. The SMILES string of the molecule is N[C@H](C(=O)O)c1cccc(-n2cccn2)c1. The van der Waals surface area contributed by atoms with E-state index in [9.17, 15) is 4.79 Å². The molecule has 0 radical (unpaired) electrons. The van der Waals surface area contributed by atoms with Crippen molar-refractivity contribution in [1.82, 2.24) is 9.78 Å². The molecule has 1 heterocycles. The minimum absolute atomic E-state index is 0.556. The van der Waals surface area contributed by atoms with Gasteiger partial charge in [-0.25, -0.2) is 4.68 Å². The second-order valence-electron chi connectivity index (χ2n) is 3.36. The number of carbonyl (C=O) groups is 1. The first-order valence-electron chi connectivity index (χ1n) is 4.77. The summed E-state index contributed by atoms with van der Waals surface area (Å²) < 4.78 is 1.65. The van der Waals surface area contributed by atoms with Crippen LogP contribution in [-0.4, -0.2) is 20.9 Å². The molecule has 82 valence electrons. The Hall–Kier alpha value is -2.14. The first kappa shape index (κ1) is 10.4. The van der Waals surface area contributed by atoms with E-state index in [0.29, 0.717) is 5.56 Å². The van der Waals surface area contributed by atoms with Gasteiger partial charge < -0.3 is 10.8 Å². The predicted octanol–water partition coefficient (Wildman–Crippen LogP) is 0.957. The molecule has 2 rings (SSSR count). The molecule has 0 spiro atoms. The van der Waals surface area contributed by atoms with Crippen molar-refractivity contribution in [3.63, 3.8) is 0 Å². The van der Waals surface area contributed by atoms with Gasteiger partial charge in [-0.15, -0.1) is 0 Å². The molecule has 0 aliphatic rings. The summed E-state index contributed by atoms with van der Waals surface area (Å²) in [6.45, 7) is 0. The third kappa shape index (κ3) is 1.94. The van der Waals surface area contributed by atoms with Crippen LogP contribution in [0, 0.1) is 0 Å². The minimum atomic E-state index is -1.04. The van der Waals surface area contributed by atoms with E-state index in [4.69, 9.17) is 10.8 Å². The molecule has 0 saturated heterocycles. The molecule has 0 bridgehead atoms. The molecule has 0 amide bonds. The van der Waals surface area contributed by atoms with Crippen LogP contribution in [0.5, 0.6) is 0 Å². The number of nitrogens with zero attached hydrogens (tertiary/aromatic N) is 2. The first-order valence-corrected chi connectivity index (χ1v) is 4.77. The maximum atomic E-state index is 10.8. The van der Waals surface area contributed by atoms with Crippen LogP contribution in [0.1, 0.15) is 11.6 Å². The number of rotatable bonds is 3. The molecule has 0 aliphatic heterocycles. The van der Waals surface area contributed by atoms with Crippen LogP contribution in [0.3, 0.4) is 0 Å². The van der Waals surface area contributed by atoms with Crippen LogP contribution in [0.25, 0.3) is 5.69 Å². The fourth-order valence-electron chi connectivity index (χ4n) is 1.42. The lowest BCUT2D eigenvalue weighted by Gasteiger charge is -2.08. The van der Waals surface area contributed by atoms with Crippen LogP contribution in [0.15, 0.2) is 42.7 Å². The van der Waals surface area contributed by atoms with Crippen LogP contribution >= 0.6 is 0 Å². The van der Waals surface area contributed by atoms with E-state index < -0.39 is 12.0 Å². The van der Waals surface area contributed by atoms with Gasteiger partial charge in [0.2, 0.25) is 0 Å². The summed E-state index contributed by atoms with van der Waals surface area (Å²) >= 11 is 0. The Morgan fingerprint density at radius 1 is 1.44 bits per heavy atom. The van der Waals surface area contributed by atoms with Crippen LogP contribution in [-0.2, 0) is 4.79 Å². The van der Waals surface area contributed by atoms with Crippen molar-refractivity contribution >= 4 is 5.97 Å². The van der Waals surface area contributed by atoms with Gasteiger partial charge in [0.1, 0.15) is 6.04 Å². The van der Waals surface area contributed by atoms with E-state index in [0.717, 1.165) is 5.69 Å². The lowest BCUT2D eigenvalue weighted by molar-refractivity contribution is -0.138. The highest BCUT2D eigenvalue weighted by Gasteiger charge is 2.14. The predicted molar refractivity (Wildman–Crippen MR) is 58.1 cm³/mol. The third-order valence-corrected chi connectivity index (χ3v) is 2.26. The maximum absolute atomic E-state index is 10.8. The molecule has 1 atom stereocenters. The van der Waals surface area contributed by atoms with Crippen molar-refractivity contribution < 1.29 is 9.90 Å². The fraction of sp³-hybridized carbons (Fsp3) is 0.0909. The van der Waals surface area contributed by atoms with E-state index in [2.05, 4.69) is 5.10 Å². The van der Waals surface area contributed by atoms with Gasteiger partial charge in [0.25, 0.3) is 0 Å². The standard InChI is InChI=1S/C11H11N3O2/c12-10(11(15)16)8-3-1-4-9(7-8)14-6-2-5-13-14/h1-7,10H,12H2,(H,15,16)/t10-/m0/s1. The molecule has 0 unspecified atom stereocenters. The summed E-state index contributed by atoms with van der Waals surface area (Å²) in [5.41, 5.74) is 6.88. The zero-order chi connectivity index (χ0) is 11.5. The van der Waals surface area contributed by atoms with Crippen molar-refractivity contribution in [2.24, 2.45) is 5.73 Å². The molecular formula is C11H11N3O2. The number of carboxylic acid groups (broad SMARTS) is 1. The molecule has 5 nitrogen and oxygen atoms in total. The van der Waals surface area contributed by atoms with Crippen molar-refractivity contribution in [3.05, 3.63) is 48.3 Å². The van der Waals surface area contributed by atoms with E-state index in [-0.39, 0.29) is 0 Å². The molecule has 3 N–H and O–H groups in total. The molecule has 16 heavy (non-hydrogen) atoms. The van der Waals surface area contributed by atoms with Gasteiger partial charge in [0, 0.05) is 12.4 Å². The number of hydrogen-bond acceptors (Lipinski definition) is 3. The van der Waals surface area contributed by atoms with Crippen molar-refractivity contribution in [1.29, 1.82) is 0 Å². The Kier molecular flexibility index (Phi) is 2.70. The van der Waals surface area contributed by atoms with Gasteiger partial charge in [0.05, 0.1) is 5.69 Å². The van der Waals surface area contributed by atoms with E-state index in [1.165, 1.54) is 0 Å². The number of carboxylic acids is 1. The van der Waals surface area contributed by atoms with Crippen LogP contribution < -0.4 is 5.73 Å². The highest BCUT2D eigenvalue weighted by molar-refractivity contribution is 5.75. The highest BCUT2D eigenvalue weighted by Crippen LogP contribution is 2.15. The number of benzene rings is 1. The second-order valence-corrected chi connectivity index (χ2v) is 3.36. The zero-order valence-corrected chi connectivity index (χ0v) is 8.45. The molecule has 0 aliphatic carbocycles. The summed E-state index contributed by atoms with van der Waals surface area (Å²) in [5.74, 6) is -1.04. The van der Waals surface area contributed by atoms with Gasteiger partial charge in [-0.3, -0.25) is 4.79 Å². The molecule has 2 aromatic rings. The smallest absolute Gasteiger partial charge is 0.325 e. The summed E-state index contributed by atoms with van der Waals surface area (Å²) in [5, 5.41) is 12.9. The molecule has 1 aromatic heterocycles. The van der Waals surface area contributed by atoms with Gasteiger partial charge in [-0.1, -0.05) is 12.1 Å². The topological polar surface area (TPSA) is 81.1 Å². The van der Waals surface area contributed by atoms with E-state index in [1.54, 1.807) is 41.3 Å². The van der Waals surface area contributed by atoms with Gasteiger partial charge in [-0.05, 0) is 23.8 Å². The average Bonchev–Trinajstić information content (AvgIpc) is 2.81. The molecule has 0 fully saturated rings. The van der Waals surface area contributed by atoms with Crippen molar-refractivity contribution in [2.45, 2.75) is 6.04 Å². The monoisotopic (exact) mass is 217 g/mol. The molecule has 1 aromatic carbocycles. The Balaban J connectivity index is 2.37. The Morgan fingerprint density at radius 3 is 2.88 bits per heavy atom. The molecule has 0 saturated carbocycles. The Morgan fingerprint density at radius 2 is 2.25 bits per heavy atom. The lowest BCUT2D eigenvalue weighted by Crippen LogP contribution is -2.20. The molecule has 5 heteroatoms. The van der Waals surface area contributed by atoms with Crippen LogP contribution in [0.4, 0.5) is 0 Å². The summed E-state index contributed by atoms with van der Waals surface area (Å²) in [7, 11) is 0. The van der Waals surface area contributed by atoms with E-state index >= 15 is 0 Å². The van der Waals surface area contributed by atoms with Crippen molar-refractivity contribution in [2.75, 3.05) is 0 Å².